The molecule has 0 bridgehead atoms. The standard InChI is InChI=1S/C14H14ClN3O2S/c15-12-4-2-1-3-11(12)13-6-5-10(20-13)9-17-18(7-8-19)14(16)21/h1-6,9,19H,7-8H2,(H2,16,21). The Labute approximate surface area is 132 Å². The van der Waals surface area contributed by atoms with Crippen molar-refractivity contribution < 1.29 is 9.52 Å². The number of aliphatic hydroxyl groups excluding tert-OH is 1. The summed E-state index contributed by atoms with van der Waals surface area (Å²) < 4.78 is 5.65. The van der Waals surface area contributed by atoms with Crippen LogP contribution in [0, 0.1) is 0 Å². The Morgan fingerprint density at radius 3 is 2.81 bits per heavy atom. The molecule has 1 heterocycles. The van der Waals surface area contributed by atoms with Crippen molar-refractivity contribution in [2.75, 3.05) is 13.2 Å². The van der Waals surface area contributed by atoms with Crippen LogP contribution in [0.1, 0.15) is 5.76 Å². The Hall–Kier alpha value is -1.89. The third-order valence-corrected chi connectivity index (χ3v) is 3.20. The zero-order valence-corrected chi connectivity index (χ0v) is 12.6. The van der Waals surface area contributed by atoms with E-state index in [1.54, 1.807) is 18.2 Å². The lowest BCUT2D eigenvalue weighted by Gasteiger charge is -2.14. The average Bonchev–Trinajstić information content (AvgIpc) is 2.92. The number of thiocarbonyl (C=S) groups is 1. The third kappa shape index (κ3) is 4.04. The van der Waals surface area contributed by atoms with Gasteiger partial charge in [-0.05, 0) is 36.5 Å². The van der Waals surface area contributed by atoms with E-state index in [4.69, 9.17) is 39.1 Å². The second kappa shape index (κ2) is 7.21. The van der Waals surface area contributed by atoms with Crippen LogP contribution in [0.25, 0.3) is 11.3 Å². The molecule has 5 nitrogen and oxygen atoms in total. The summed E-state index contributed by atoms with van der Waals surface area (Å²) in [6.07, 6.45) is 1.48. The van der Waals surface area contributed by atoms with Crippen LogP contribution in [0.15, 0.2) is 45.9 Å². The average molecular weight is 324 g/mol. The first-order valence-corrected chi connectivity index (χ1v) is 6.97. The normalized spacial score (nSPS) is 11.0. The first-order chi connectivity index (χ1) is 10.1. The summed E-state index contributed by atoms with van der Waals surface area (Å²) in [6, 6.07) is 11.0. The predicted octanol–water partition coefficient (Wildman–Crippen LogP) is 2.47. The van der Waals surface area contributed by atoms with Crippen LogP contribution in [-0.2, 0) is 0 Å². The Bertz CT molecular complexity index is 657. The fourth-order valence-corrected chi connectivity index (χ4v) is 2.04. The molecule has 21 heavy (non-hydrogen) atoms. The summed E-state index contributed by atoms with van der Waals surface area (Å²) in [7, 11) is 0. The van der Waals surface area contributed by atoms with Gasteiger partial charge in [-0.2, -0.15) is 5.10 Å². The molecule has 2 rings (SSSR count). The maximum Gasteiger partial charge on any atom is 0.187 e. The van der Waals surface area contributed by atoms with Gasteiger partial charge in [0.1, 0.15) is 11.5 Å². The minimum atomic E-state index is -0.0995. The third-order valence-electron chi connectivity index (χ3n) is 2.66. The van der Waals surface area contributed by atoms with Crippen molar-refractivity contribution in [3.63, 3.8) is 0 Å². The van der Waals surface area contributed by atoms with Gasteiger partial charge >= 0.3 is 0 Å². The number of halogens is 1. The van der Waals surface area contributed by atoms with Gasteiger partial charge < -0.3 is 15.3 Å². The van der Waals surface area contributed by atoms with E-state index in [0.717, 1.165) is 5.56 Å². The molecule has 0 unspecified atom stereocenters. The molecule has 0 aliphatic rings. The molecule has 0 aliphatic carbocycles. The summed E-state index contributed by atoms with van der Waals surface area (Å²) in [5.74, 6) is 1.18. The van der Waals surface area contributed by atoms with Crippen LogP contribution in [0.2, 0.25) is 5.02 Å². The number of hydrazone groups is 1. The first-order valence-electron chi connectivity index (χ1n) is 6.18. The maximum atomic E-state index is 8.90. The fourth-order valence-electron chi connectivity index (χ4n) is 1.67. The number of nitrogens with two attached hydrogens (primary N) is 1. The van der Waals surface area contributed by atoms with E-state index in [2.05, 4.69) is 5.10 Å². The number of rotatable bonds is 5. The molecule has 0 saturated heterocycles. The molecule has 1 aromatic carbocycles. The first kappa shape index (κ1) is 15.5. The highest BCUT2D eigenvalue weighted by Crippen LogP contribution is 2.28. The number of hydrogen-bond acceptors (Lipinski definition) is 4. The molecule has 0 spiro atoms. The Morgan fingerprint density at radius 2 is 2.14 bits per heavy atom. The molecule has 110 valence electrons. The monoisotopic (exact) mass is 323 g/mol. The topological polar surface area (TPSA) is 75.0 Å². The Morgan fingerprint density at radius 1 is 1.38 bits per heavy atom. The van der Waals surface area contributed by atoms with Gasteiger partial charge in [-0.15, -0.1) is 0 Å². The minimum Gasteiger partial charge on any atom is -0.455 e. The second-order valence-corrected chi connectivity index (χ2v) is 4.94. The molecule has 0 aliphatic heterocycles. The van der Waals surface area contributed by atoms with E-state index in [0.29, 0.717) is 16.5 Å². The van der Waals surface area contributed by atoms with Crippen LogP contribution in [-0.4, -0.2) is 34.6 Å². The highest BCUT2D eigenvalue weighted by Gasteiger charge is 2.08. The van der Waals surface area contributed by atoms with Crippen molar-refractivity contribution in [2.24, 2.45) is 10.8 Å². The van der Waals surface area contributed by atoms with Gasteiger partial charge in [0.2, 0.25) is 0 Å². The van der Waals surface area contributed by atoms with Gasteiger partial charge in [0.15, 0.2) is 5.11 Å². The molecular weight excluding hydrogens is 310 g/mol. The Balaban J connectivity index is 2.17. The van der Waals surface area contributed by atoms with Crippen molar-refractivity contribution in [1.82, 2.24) is 5.01 Å². The highest BCUT2D eigenvalue weighted by molar-refractivity contribution is 7.80. The van der Waals surface area contributed by atoms with Crippen LogP contribution >= 0.6 is 23.8 Å². The zero-order valence-electron chi connectivity index (χ0n) is 11.1. The number of benzene rings is 1. The van der Waals surface area contributed by atoms with E-state index >= 15 is 0 Å². The fraction of sp³-hybridized carbons (Fsp3) is 0.143. The van der Waals surface area contributed by atoms with Crippen LogP contribution in [0.4, 0.5) is 0 Å². The number of aliphatic hydroxyl groups is 1. The smallest absolute Gasteiger partial charge is 0.187 e. The Kier molecular flexibility index (Phi) is 5.32. The summed E-state index contributed by atoms with van der Waals surface area (Å²) >= 11 is 10.9. The quantitative estimate of drug-likeness (QED) is 0.502. The summed E-state index contributed by atoms with van der Waals surface area (Å²) in [6.45, 7) is 0.127. The van der Waals surface area contributed by atoms with Gasteiger partial charge in [0.25, 0.3) is 0 Å². The van der Waals surface area contributed by atoms with E-state index in [1.807, 2.05) is 18.2 Å². The number of nitrogens with zero attached hydrogens (tertiary/aromatic N) is 2. The summed E-state index contributed by atoms with van der Waals surface area (Å²) in [5, 5.41) is 15.0. The lowest BCUT2D eigenvalue weighted by Crippen LogP contribution is -2.33. The van der Waals surface area contributed by atoms with Crippen molar-refractivity contribution in [3.05, 3.63) is 47.2 Å². The maximum absolute atomic E-state index is 8.90. The number of hydrogen-bond donors (Lipinski definition) is 2. The number of furan rings is 1. The second-order valence-electron chi connectivity index (χ2n) is 4.11. The molecule has 2 aromatic rings. The highest BCUT2D eigenvalue weighted by atomic mass is 35.5. The molecule has 0 radical (unpaired) electrons. The molecule has 0 amide bonds. The molecule has 0 saturated carbocycles. The molecule has 0 atom stereocenters. The summed E-state index contributed by atoms with van der Waals surface area (Å²) in [5.41, 5.74) is 6.29. The van der Waals surface area contributed by atoms with E-state index in [1.165, 1.54) is 11.2 Å². The zero-order chi connectivity index (χ0) is 15.2. The van der Waals surface area contributed by atoms with Crippen molar-refractivity contribution in [3.8, 4) is 11.3 Å². The van der Waals surface area contributed by atoms with Crippen molar-refractivity contribution >= 4 is 35.1 Å². The van der Waals surface area contributed by atoms with Crippen molar-refractivity contribution in [2.45, 2.75) is 0 Å². The largest absolute Gasteiger partial charge is 0.455 e. The SMILES string of the molecule is NC(=S)N(CCO)N=Cc1ccc(-c2ccccc2Cl)o1. The van der Waals surface area contributed by atoms with Gasteiger partial charge in [0.05, 0.1) is 24.4 Å². The van der Waals surface area contributed by atoms with Crippen molar-refractivity contribution in [1.29, 1.82) is 0 Å². The molecule has 1 aromatic heterocycles. The van der Waals surface area contributed by atoms with Gasteiger partial charge in [-0.3, -0.25) is 0 Å². The molecule has 7 heteroatoms. The van der Waals surface area contributed by atoms with Gasteiger partial charge in [-0.1, -0.05) is 23.7 Å². The minimum absolute atomic E-state index is 0.0817. The van der Waals surface area contributed by atoms with Gasteiger partial charge in [0, 0.05) is 5.56 Å². The van der Waals surface area contributed by atoms with E-state index < -0.39 is 0 Å². The lowest BCUT2D eigenvalue weighted by atomic mass is 10.2. The summed E-state index contributed by atoms with van der Waals surface area (Å²) in [4.78, 5) is 0. The van der Waals surface area contributed by atoms with Crippen LogP contribution in [0.5, 0.6) is 0 Å². The predicted molar refractivity (Wildman–Crippen MR) is 87.3 cm³/mol. The molecular formula is C14H14ClN3O2S. The van der Waals surface area contributed by atoms with Gasteiger partial charge in [-0.25, -0.2) is 5.01 Å². The molecule has 3 N–H and O–H groups in total. The van der Waals surface area contributed by atoms with E-state index in [-0.39, 0.29) is 18.3 Å². The van der Waals surface area contributed by atoms with E-state index in [9.17, 15) is 0 Å². The van der Waals surface area contributed by atoms with Crippen LogP contribution < -0.4 is 5.73 Å². The lowest BCUT2D eigenvalue weighted by molar-refractivity contribution is 0.254. The molecule has 0 fully saturated rings. The van der Waals surface area contributed by atoms with Crippen LogP contribution in [0.3, 0.4) is 0 Å².